The van der Waals surface area contributed by atoms with Gasteiger partial charge in [-0.2, -0.15) is 0 Å². The smallest absolute Gasteiger partial charge is 0.0877 e. The van der Waals surface area contributed by atoms with Crippen molar-refractivity contribution in [2.24, 2.45) is 5.73 Å². The third-order valence-corrected chi connectivity index (χ3v) is 4.20. The molecule has 1 atom stereocenters. The van der Waals surface area contributed by atoms with Gasteiger partial charge in [-0.15, -0.1) is 0 Å². The van der Waals surface area contributed by atoms with E-state index in [-0.39, 0.29) is 6.10 Å². The van der Waals surface area contributed by atoms with Gasteiger partial charge in [0, 0.05) is 37.9 Å². The molecule has 4 heteroatoms. The lowest BCUT2D eigenvalue weighted by Crippen LogP contribution is -2.48. The first-order chi connectivity index (χ1) is 10.1. The molecule has 0 aromatic heterocycles. The molecule has 0 amide bonds. The Kier molecular flexibility index (Phi) is 6.03. The summed E-state index contributed by atoms with van der Waals surface area (Å²) in [6.07, 6.45) is 0.287. The van der Waals surface area contributed by atoms with Gasteiger partial charge in [0.05, 0.1) is 12.7 Å². The van der Waals surface area contributed by atoms with E-state index in [0.717, 1.165) is 32.8 Å². The number of likely N-dealkylation sites (N-methyl/N-ethyl adjacent to an activating group) is 1. The molecule has 0 aliphatic carbocycles. The maximum atomic E-state index is 5.95. The summed E-state index contributed by atoms with van der Waals surface area (Å²) < 4.78 is 5.95. The van der Waals surface area contributed by atoms with E-state index in [0.29, 0.717) is 12.6 Å². The number of morpholine rings is 1. The molecule has 0 saturated carbocycles. The minimum absolute atomic E-state index is 0.287. The lowest BCUT2D eigenvalue weighted by Gasteiger charge is -2.37. The maximum absolute atomic E-state index is 5.95. The van der Waals surface area contributed by atoms with Crippen molar-refractivity contribution in [1.29, 1.82) is 0 Å². The van der Waals surface area contributed by atoms with Gasteiger partial charge in [-0.3, -0.25) is 4.90 Å². The molecular weight excluding hydrogens is 262 g/mol. The van der Waals surface area contributed by atoms with Crippen molar-refractivity contribution in [3.05, 3.63) is 29.8 Å². The quantitative estimate of drug-likeness (QED) is 0.871. The lowest BCUT2D eigenvalue weighted by atomic mass is 10.1. The normalized spacial score (nSPS) is 20.0. The summed E-state index contributed by atoms with van der Waals surface area (Å²) in [7, 11) is 0. The molecule has 2 rings (SSSR count). The Morgan fingerprint density at radius 2 is 2.05 bits per heavy atom. The highest BCUT2D eigenvalue weighted by Crippen LogP contribution is 2.20. The summed E-state index contributed by atoms with van der Waals surface area (Å²) in [5, 5.41) is 0. The number of ether oxygens (including phenoxy) is 1. The average molecular weight is 291 g/mol. The van der Waals surface area contributed by atoms with Crippen LogP contribution in [-0.4, -0.2) is 49.8 Å². The predicted molar refractivity (Wildman–Crippen MR) is 88.7 cm³/mol. The van der Waals surface area contributed by atoms with Gasteiger partial charge in [-0.25, -0.2) is 0 Å². The minimum atomic E-state index is 0.287. The number of rotatable bonds is 6. The number of nitrogens with zero attached hydrogens (tertiary/aromatic N) is 2. The van der Waals surface area contributed by atoms with Gasteiger partial charge >= 0.3 is 0 Å². The van der Waals surface area contributed by atoms with Crippen LogP contribution in [-0.2, 0) is 11.3 Å². The van der Waals surface area contributed by atoms with E-state index in [9.17, 15) is 0 Å². The third kappa shape index (κ3) is 4.43. The van der Waals surface area contributed by atoms with Crippen molar-refractivity contribution in [2.75, 3.05) is 37.7 Å². The summed E-state index contributed by atoms with van der Waals surface area (Å²) in [5.41, 5.74) is 8.10. The average Bonchev–Trinajstić information content (AvgIpc) is 2.52. The fourth-order valence-corrected chi connectivity index (χ4v) is 2.84. The predicted octanol–water partition coefficient (Wildman–Crippen LogP) is 2.08. The van der Waals surface area contributed by atoms with E-state index in [1.54, 1.807) is 0 Å². The zero-order valence-corrected chi connectivity index (χ0v) is 13.6. The van der Waals surface area contributed by atoms with Crippen LogP contribution in [0.2, 0.25) is 0 Å². The Morgan fingerprint density at radius 1 is 1.33 bits per heavy atom. The van der Waals surface area contributed by atoms with E-state index in [1.165, 1.54) is 11.3 Å². The highest BCUT2D eigenvalue weighted by molar-refractivity contribution is 5.48. The molecule has 2 N–H and O–H groups in total. The summed E-state index contributed by atoms with van der Waals surface area (Å²) >= 11 is 0. The molecule has 1 aliphatic rings. The highest BCUT2D eigenvalue weighted by atomic mass is 16.5. The van der Waals surface area contributed by atoms with Gasteiger partial charge in [0.15, 0.2) is 0 Å². The Hall–Kier alpha value is -1.10. The monoisotopic (exact) mass is 291 g/mol. The number of anilines is 1. The van der Waals surface area contributed by atoms with Crippen molar-refractivity contribution in [3.8, 4) is 0 Å². The molecule has 1 aromatic rings. The Balaban J connectivity index is 2.04. The summed E-state index contributed by atoms with van der Waals surface area (Å²) in [6, 6.07) is 9.02. The van der Waals surface area contributed by atoms with Crippen LogP contribution in [0.5, 0.6) is 0 Å². The first-order valence-electron chi connectivity index (χ1n) is 8.03. The highest BCUT2D eigenvalue weighted by Gasteiger charge is 2.23. The number of nitrogens with two attached hydrogens (primary N) is 1. The van der Waals surface area contributed by atoms with Crippen LogP contribution in [0.3, 0.4) is 0 Å². The lowest BCUT2D eigenvalue weighted by molar-refractivity contribution is -0.0226. The largest absolute Gasteiger partial charge is 0.374 e. The van der Waals surface area contributed by atoms with Crippen LogP contribution in [0, 0.1) is 0 Å². The van der Waals surface area contributed by atoms with E-state index in [1.807, 2.05) is 0 Å². The van der Waals surface area contributed by atoms with Gasteiger partial charge < -0.3 is 15.4 Å². The van der Waals surface area contributed by atoms with Crippen molar-refractivity contribution >= 4 is 5.69 Å². The second kappa shape index (κ2) is 7.78. The SMILES string of the molecule is CCN1CCOC(CN(c2ccc(CN)cc2)C(C)C)C1. The van der Waals surface area contributed by atoms with Crippen molar-refractivity contribution < 1.29 is 4.74 Å². The second-order valence-electron chi connectivity index (χ2n) is 6.00. The zero-order valence-electron chi connectivity index (χ0n) is 13.6. The minimum Gasteiger partial charge on any atom is -0.374 e. The molecular formula is C17H29N3O. The zero-order chi connectivity index (χ0) is 15.2. The number of hydrogen-bond donors (Lipinski definition) is 1. The van der Waals surface area contributed by atoms with E-state index in [2.05, 4.69) is 54.8 Å². The third-order valence-electron chi connectivity index (χ3n) is 4.20. The van der Waals surface area contributed by atoms with Gasteiger partial charge in [0.1, 0.15) is 0 Å². The molecule has 1 fully saturated rings. The standard InChI is InChI=1S/C17H29N3O/c1-4-19-9-10-21-17(12-19)13-20(14(2)3)16-7-5-15(11-18)6-8-16/h5-8,14,17H,4,9-13,18H2,1-3H3. The van der Waals surface area contributed by atoms with Crippen LogP contribution in [0.15, 0.2) is 24.3 Å². The van der Waals surface area contributed by atoms with Crippen LogP contribution >= 0.6 is 0 Å². The topological polar surface area (TPSA) is 41.7 Å². The summed E-state index contributed by atoms with van der Waals surface area (Å²) in [5.74, 6) is 0. The first kappa shape index (κ1) is 16.3. The maximum Gasteiger partial charge on any atom is 0.0877 e. The molecule has 118 valence electrons. The molecule has 4 nitrogen and oxygen atoms in total. The molecule has 0 bridgehead atoms. The molecule has 0 spiro atoms. The molecule has 1 aliphatic heterocycles. The van der Waals surface area contributed by atoms with E-state index in [4.69, 9.17) is 10.5 Å². The van der Waals surface area contributed by atoms with Gasteiger partial charge in [-0.1, -0.05) is 19.1 Å². The Bertz CT molecular complexity index is 419. The van der Waals surface area contributed by atoms with Crippen LogP contribution in [0.25, 0.3) is 0 Å². The van der Waals surface area contributed by atoms with Crippen LogP contribution in [0.4, 0.5) is 5.69 Å². The number of benzene rings is 1. The van der Waals surface area contributed by atoms with Gasteiger partial charge in [0.2, 0.25) is 0 Å². The van der Waals surface area contributed by atoms with Gasteiger partial charge in [-0.05, 0) is 38.1 Å². The van der Waals surface area contributed by atoms with Gasteiger partial charge in [0.25, 0.3) is 0 Å². The molecule has 1 unspecified atom stereocenters. The molecule has 1 saturated heterocycles. The fourth-order valence-electron chi connectivity index (χ4n) is 2.84. The summed E-state index contributed by atoms with van der Waals surface area (Å²) in [6.45, 7) is 12.3. The fraction of sp³-hybridized carbons (Fsp3) is 0.647. The second-order valence-corrected chi connectivity index (χ2v) is 6.00. The van der Waals surface area contributed by atoms with Crippen molar-refractivity contribution in [1.82, 2.24) is 4.90 Å². The summed E-state index contributed by atoms with van der Waals surface area (Å²) in [4.78, 5) is 4.88. The molecule has 0 radical (unpaired) electrons. The Morgan fingerprint density at radius 3 is 2.62 bits per heavy atom. The van der Waals surface area contributed by atoms with Crippen LogP contribution in [0.1, 0.15) is 26.3 Å². The number of hydrogen-bond acceptors (Lipinski definition) is 4. The van der Waals surface area contributed by atoms with E-state index >= 15 is 0 Å². The molecule has 1 aromatic carbocycles. The van der Waals surface area contributed by atoms with Crippen molar-refractivity contribution in [3.63, 3.8) is 0 Å². The first-order valence-corrected chi connectivity index (χ1v) is 8.03. The van der Waals surface area contributed by atoms with E-state index < -0.39 is 0 Å². The Labute approximate surface area is 128 Å². The van der Waals surface area contributed by atoms with Crippen LogP contribution < -0.4 is 10.6 Å². The molecule has 1 heterocycles. The molecule has 21 heavy (non-hydrogen) atoms. The van der Waals surface area contributed by atoms with Crippen molar-refractivity contribution in [2.45, 2.75) is 39.5 Å².